The highest BCUT2D eigenvalue weighted by atomic mass is 16.4. The minimum absolute atomic E-state index is 0.146. The number of unbranched alkanes of at least 4 members (excludes halogenated alkanes) is 21. The molecule has 2 aliphatic rings. The van der Waals surface area contributed by atoms with E-state index in [4.69, 9.17) is 0 Å². The summed E-state index contributed by atoms with van der Waals surface area (Å²) in [7, 11) is 4.06. The van der Waals surface area contributed by atoms with Gasteiger partial charge in [-0.25, -0.2) is 0 Å². The molecule has 0 spiro atoms. The van der Waals surface area contributed by atoms with Gasteiger partial charge in [0.25, 0.3) is 5.41 Å². The predicted octanol–water partition coefficient (Wildman–Crippen LogP) is 13.9. The number of likely N-dealkylation sites (tertiary alicyclic amines) is 2. The first-order valence-corrected chi connectivity index (χ1v) is 26.2. The average Bonchev–Trinajstić information content (AvgIpc) is 3.18. The van der Waals surface area contributed by atoms with Gasteiger partial charge in [-0.05, 0) is 125 Å². The summed E-state index contributed by atoms with van der Waals surface area (Å²) < 4.78 is 0. The van der Waals surface area contributed by atoms with Crippen LogP contribution in [0.2, 0.25) is 0 Å². The fraction of sp³-hybridized carbons (Fsp3) is 0.926. The third-order valence-electron chi connectivity index (χ3n) is 17.4. The Morgan fingerprint density at radius 3 is 0.875 bits per heavy atom. The number of carboxylic acid groups (broad SMARTS) is 4. The van der Waals surface area contributed by atoms with Crippen LogP contribution in [0.5, 0.6) is 0 Å². The zero-order chi connectivity index (χ0) is 48.6. The van der Waals surface area contributed by atoms with Crippen molar-refractivity contribution in [3.63, 3.8) is 0 Å². The average molecular weight is 905 g/mol. The van der Waals surface area contributed by atoms with Gasteiger partial charge in [-0.3, -0.25) is 29.0 Å². The molecular weight excluding hydrogens is 805 g/mol. The maximum absolute atomic E-state index is 15.3. The number of carbonyl (C=O) groups is 4. The number of hydrogen-bond donors (Lipinski definition) is 4. The molecule has 64 heavy (non-hydrogen) atoms. The van der Waals surface area contributed by atoms with Crippen LogP contribution >= 0.6 is 0 Å². The quantitative estimate of drug-likeness (QED) is 0.0369. The number of piperidine rings is 2. The fourth-order valence-electron chi connectivity index (χ4n) is 13.5. The molecule has 0 aromatic heterocycles. The lowest BCUT2D eigenvalue weighted by molar-refractivity contribution is -0.241. The molecule has 2 fully saturated rings. The predicted molar refractivity (Wildman–Crippen MR) is 262 cm³/mol. The maximum atomic E-state index is 15.3. The Labute approximate surface area is 391 Å². The molecule has 0 aliphatic carbocycles. The molecule has 10 nitrogen and oxygen atoms in total. The van der Waals surface area contributed by atoms with Crippen LogP contribution < -0.4 is 0 Å². The zero-order valence-corrected chi connectivity index (χ0v) is 43.5. The number of hydrogen-bond acceptors (Lipinski definition) is 6. The molecule has 2 unspecified atom stereocenters. The van der Waals surface area contributed by atoms with Gasteiger partial charge < -0.3 is 20.4 Å². The molecule has 2 saturated heterocycles. The molecule has 4 N–H and O–H groups in total. The topological polar surface area (TPSA) is 156 Å². The lowest BCUT2D eigenvalue weighted by Gasteiger charge is -2.67. The van der Waals surface area contributed by atoms with Gasteiger partial charge in [-0.2, -0.15) is 0 Å². The summed E-state index contributed by atoms with van der Waals surface area (Å²) in [6.07, 6.45) is 26.9. The summed E-state index contributed by atoms with van der Waals surface area (Å²) in [5.74, 6) is -9.40. The minimum atomic E-state index is -3.65. The van der Waals surface area contributed by atoms with E-state index in [1.807, 2.05) is 34.7 Å². The largest absolute Gasteiger partial charge is 0.481 e. The first kappa shape index (κ1) is 57.9. The molecular formula is C54H100N2O8. The first-order chi connectivity index (χ1) is 29.8. The second-order valence-corrected chi connectivity index (χ2v) is 23.4. The van der Waals surface area contributed by atoms with Crippen LogP contribution in [0.25, 0.3) is 0 Å². The highest BCUT2D eigenvalue weighted by Crippen LogP contribution is 2.70. The van der Waals surface area contributed by atoms with Crippen molar-refractivity contribution in [3.8, 4) is 0 Å². The van der Waals surface area contributed by atoms with Crippen molar-refractivity contribution < 1.29 is 39.6 Å². The maximum Gasteiger partial charge on any atom is 0.334 e. The Hall–Kier alpha value is -2.20. The Morgan fingerprint density at radius 1 is 0.406 bits per heavy atom. The summed E-state index contributed by atoms with van der Waals surface area (Å²) in [5.41, 5.74) is -10.2. The van der Waals surface area contributed by atoms with Crippen LogP contribution in [0.15, 0.2) is 0 Å². The smallest absolute Gasteiger partial charge is 0.334 e. The monoisotopic (exact) mass is 905 g/mol. The molecule has 0 saturated carbocycles. The van der Waals surface area contributed by atoms with Gasteiger partial charge in [0.2, 0.25) is 0 Å². The van der Waals surface area contributed by atoms with E-state index in [9.17, 15) is 34.8 Å². The highest BCUT2D eigenvalue weighted by molar-refractivity contribution is 6.20. The summed E-state index contributed by atoms with van der Waals surface area (Å²) in [6.45, 7) is 21.0. The summed E-state index contributed by atoms with van der Waals surface area (Å²) >= 11 is 0. The van der Waals surface area contributed by atoms with Gasteiger partial charge in [0.05, 0.1) is 0 Å². The molecule has 374 valence electrons. The van der Waals surface area contributed by atoms with E-state index in [0.717, 1.165) is 51.4 Å². The molecule has 10 heteroatoms. The Morgan fingerprint density at radius 2 is 0.641 bits per heavy atom. The van der Waals surface area contributed by atoms with Crippen LogP contribution in [0, 0.1) is 28.1 Å². The van der Waals surface area contributed by atoms with Crippen LogP contribution in [-0.4, -0.2) is 90.4 Å². The van der Waals surface area contributed by atoms with Crippen molar-refractivity contribution in [2.45, 2.75) is 278 Å². The van der Waals surface area contributed by atoms with Gasteiger partial charge in [-0.1, -0.05) is 162 Å². The highest BCUT2D eigenvalue weighted by Gasteiger charge is 2.82. The second kappa shape index (κ2) is 25.2. The third-order valence-corrected chi connectivity index (χ3v) is 17.4. The van der Waals surface area contributed by atoms with Crippen LogP contribution in [0.4, 0.5) is 0 Å². The number of aliphatic carboxylic acids is 4. The van der Waals surface area contributed by atoms with Gasteiger partial charge in [0.15, 0.2) is 0 Å². The van der Waals surface area contributed by atoms with Crippen molar-refractivity contribution in [3.05, 3.63) is 0 Å². The Balaban J connectivity index is 2.91. The molecule has 2 aliphatic heterocycles. The molecule has 0 bridgehead atoms. The summed E-state index contributed by atoms with van der Waals surface area (Å²) in [4.78, 5) is 62.4. The normalized spacial score (nSPS) is 21.2. The Bertz CT molecular complexity index is 1380. The van der Waals surface area contributed by atoms with Gasteiger partial charge in [0, 0.05) is 22.2 Å². The van der Waals surface area contributed by atoms with E-state index in [0.29, 0.717) is 25.7 Å². The molecule has 0 amide bonds. The molecule has 2 rings (SSSR count). The van der Waals surface area contributed by atoms with Gasteiger partial charge in [-0.15, -0.1) is 0 Å². The van der Waals surface area contributed by atoms with E-state index in [-0.39, 0.29) is 25.7 Å². The van der Waals surface area contributed by atoms with Crippen molar-refractivity contribution >= 4 is 23.9 Å². The standard InChI is InChI=1S/C54H100N2O8/c1-13-15-17-19-21-23-25-27-29-31-33-35-37-52(42-38-48(3,4)55(11)49(5,6)39-42,36-34-32-30-28-26-24-22-20-18-16-14-2)54(47(63)64,53(44(57)58,45(59)60)46(61)62)43-40-50(7,8)56(12)51(9,10)41-43/h42-43H,13-41H2,1-12H3,(H,57,58)(H,59,60)(H,61,62)(H,63,64). The third kappa shape index (κ3) is 13.3. The summed E-state index contributed by atoms with van der Waals surface area (Å²) in [6, 6.07) is 0. The number of rotatable bonds is 33. The zero-order valence-electron chi connectivity index (χ0n) is 43.5. The van der Waals surface area contributed by atoms with E-state index >= 15 is 4.79 Å². The number of nitrogens with zero attached hydrogens (tertiary/aromatic N) is 2. The summed E-state index contributed by atoms with van der Waals surface area (Å²) in [5, 5.41) is 46.9. The molecule has 2 atom stereocenters. The van der Waals surface area contributed by atoms with Crippen LogP contribution in [0.3, 0.4) is 0 Å². The second-order valence-electron chi connectivity index (χ2n) is 23.4. The van der Waals surface area contributed by atoms with Crippen molar-refractivity contribution in [1.29, 1.82) is 0 Å². The lowest BCUT2D eigenvalue weighted by atomic mass is 9.37. The minimum Gasteiger partial charge on any atom is -0.481 e. The van der Waals surface area contributed by atoms with Crippen molar-refractivity contribution in [2.24, 2.45) is 28.1 Å². The van der Waals surface area contributed by atoms with Crippen LogP contribution in [-0.2, 0) is 19.2 Å². The van der Waals surface area contributed by atoms with Crippen molar-refractivity contribution in [2.75, 3.05) is 14.1 Å². The molecule has 0 radical (unpaired) electrons. The fourth-order valence-corrected chi connectivity index (χ4v) is 13.5. The van der Waals surface area contributed by atoms with Gasteiger partial charge >= 0.3 is 23.9 Å². The van der Waals surface area contributed by atoms with Crippen molar-refractivity contribution in [1.82, 2.24) is 9.80 Å². The van der Waals surface area contributed by atoms with E-state index in [2.05, 4.69) is 58.4 Å². The molecule has 0 aromatic rings. The number of carboxylic acids is 4. The first-order valence-electron chi connectivity index (χ1n) is 26.2. The Kier molecular flexibility index (Phi) is 22.9. The van der Waals surface area contributed by atoms with Gasteiger partial charge in [0.1, 0.15) is 5.41 Å². The van der Waals surface area contributed by atoms with E-state index in [1.54, 1.807) is 0 Å². The molecule has 0 aromatic carbocycles. The lowest BCUT2D eigenvalue weighted by Crippen LogP contribution is -2.75. The van der Waals surface area contributed by atoms with Crippen LogP contribution in [0.1, 0.15) is 255 Å². The van der Waals surface area contributed by atoms with E-state index < -0.39 is 74.1 Å². The van der Waals surface area contributed by atoms with E-state index in [1.165, 1.54) is 83.5 Å². The SMILES string of the molecule is CCCCCCCCCCCCCCC(CCCCCCCCCCCCC)(C1CC(C)(C)N(C)C(C)(C)C1)C(C(=O)O)(C1CC(C)(C)N(C)C(C)(C)C1)C(C(=O)O)(C(=O)O)C(=O)O. The molecule has 2 heterocycles.